The van der Waals surface area contributed by atoms with Crippen LogP contribution in [0.5, 0.6) is 0 Å². The zero-order valence-electron chi connectivity index (χ0n) is 10.5. The normalized spacial score (nSPS) is 19.4. The van der Waals surface area contributed by atoms with Crippen LogP contribution in [0.15, 0.2) is 18.3 Å². The molecule has 0 aliphatic carbocycles. The van der Waals surface area contributed by atoms with Gasteiger partial charge in [0.25, 0.3) is 0 Å². The highest BCUT2D eigenvalue weighted by Gasteiger charge is 2.19. The van der Waals surface area contributed by atoms with Crippen LogP contribution in [0, 0.1) is 0 Å². The number of rotatable bonds is 3. The lowest BCUT2D eigenvalue weighted by atomic mass is 10.1. The van der Waals surface area contributed by atoms with Crippen molar-refractivity contribution >= 4 is 5.82 Å². The Morgan fingerprint density at radius 3 is 2.59 bits per heavy atom. The maximum absolute atomic E-state index is 9.42. The molecule has 1 aromatic rings. The monoisotopic (exact) mass is 236 g/mol. The number of anilines is 1. The summed E-state index contributed by atoms with van der Waals surface area (Å²) in [6.07, 6.45) is 3.80. The van der Waals surface area contributed by atoms with E-state index in [-0.39, 0.29) is 0 Å². The number of nitrogens with zero attached hydrogens (tertiary/aromatic N) is 2. The fourth-order valence-corrected chi connectivity index (χ4v) is 2.15. The minimum absolute atomic E-state index is 0.392. The predicted molar refractivity (Wildman–Crippen MR) is 67.1 cm³/mol. The number of hydrogen-bond acceptors (Lipinski definition) is 4. The van der Waals surface area contributed by atoms with Gasteiger partial charge in [-0.25, -0.2) is 4.98 Å². The second-order valence-electron chi connectivity index (χ2n) is 4.55. The van der Waals surface area contributed by atoms with Crippen LogP contribution in [0.25, 0.3) is 0 Å². The van der Waals surface area contributed by atoms with E-state index in [1.54, 1.807) is 20.2 Å². The molecule has 1 aliphatic heterocycles. The number of aliphatic hydroxyl groups excluding tert-OH is 1. The van der Waals surface area contributed by atoms with Crippen molar-refractivity contribution in [1.29, 1.82) is 0 Å². The molecule has 94 valence electrons. The summed E-state index contributed by atoms with van der Waals surface area (Å²) < 4.78 is 5.35. The summed E-state index contributed by atoms with van der Waals surface area (Å²) in [5.41, 5.74) is 0.862. The third kappa shape index (κ3) is 2.96. The molecule has 2 rings (SSSR count). The SMILES string of the molecule is COC1CCN(c2ccc([C@H](C)O)cn2)CC1. The van der Waals surface area contributed by atoms with Crippen LogP contribution in [-0.2, 0) is 4.74 Å². The van der Waals surface area contributed by atoms with E-state index in [1.165, 1.54) is 0 Å². The highest BCUT2D eigenvalue weighted by molar-refractivity contribution is 5.40. The smallest absolute Gasteiger partial charge is 0.128 e. The first-order chi connectivity index (χ1) is 8.20. The first-order valence-corrected chi connectivity index (χ1v) is 6.12. The van der Waals surface area contributed by atoms with Crippen molar-refractivity contribution in [3.05, 3.63) is 23.9 Å². The largest absolute Gasteiger partial charge is 0.389 e. The summed E-state index contributed by atoms with van der Waals surface area (Å²) in [5, 5.41) is 9.42. The van der Waals surface area contributed by atoms with Gasteiger partial charge in [0.2, 0.25) is 0 Å². The fourth-order valence-electron chi connectivity index (χ4n) is 2.15. The number of aliphatic hydroxyl groups is 1. The minimum Gasteiger partial charge on any atom is -0.389 e. The van der Waals surface area contributed by atoms with E-state index in [9.17, 15) is 5.11 Å². The van der Waals surface area contributed by atoms with E-state index < -0.39 is 6.10 Å². The quantitative estimate of drug-likeness (QED) is 0.868. The van der Waals surface area contributed by atoms with Crippen LogP contribution < -0.4 is 4.90 Å². The molecule has 0 unspecified atom stereocenters. The molecule has 0 spiro atoms. The predicted octanol–water partition coefficient (Wildman–Crippen LogP) is 1.75. The first kappa shape index (κ1) is 12.3. The zero-order chi connectivity index (χ0) is 12.3. The van der Waals surface area contributed by atoms with Gasteiger partial charge in [-0.2, -0.15) is 0 Å². The Hall–Kier alpha value is -1.13. The fraction of sp³-hybridized carbons (Fsp3) is 0.615. The molecular weight excluding hydrogens is 216 g/mol. The topological polar surface area (TPSA) is 45.6 Å². The number of ether oxygens (including phenoxy) is 1. The summed E-state index contributed by atoms with van der Waals surface area (Å²) >= 11 is 0. The Balaban J connectivity index is 1.99. The van der Waals surface area contributed by atoms with E-state index >= 15 is 0 Å². The summed E-state index contributed by atoms with van der Waals surface area (Å²) in [4.78, 5) is 6.66. The van der Waals surface area contributed by atoms with E-state index in [4.69, 9.17) is 4.74 Å². The molecule has 4 nitrogen and oxygen atoms in total. The maximum Gasteiger partial charge on any atom is 0.128 e. The van der Waals surface area contributed by atoms with Crippen molar-refractivity contribution in [1.82, 2.24) is 4.98 Å². The van der Waals surface area contributed by atoms with Crippen LogP contribution >= 0.6 is 0 Å². The number of piperidine rings is 1. The first-order valence-electron chi connectivity index (χ1n) is 6.12. The number of hydrogen-bond donors (Lipinski definition) is 1. The molecule has 0 radical (unpaired) electrons. The lowest BCUT2D eigenvalue weighted by Crippen LogP contribution is -2.37. The summed E-state index contributed by atoms with van der Waals surface area (Å²) in [5.74, 6) is 0.990. The van der Waals surface area contributed by atoms with Gasteiger partial charge in [-0.05, 0) is 31.4 Å². The Morgan fingerprint density at radius 2 is 2.12 bits per heavy atom. The Kier molecular flexibility index (Phi) is 3.97. The lowest BCUT2D eigenvalue weighted by Gasteiger charge is -2.32. The molecule has 17 heavy (non-hydrogen) atoms. The lowest BCUT2D eigenvalue weighted by molar-refractivity contribution is 0.0818. The number of methoxy groups -OCH3 is 1. The van der Waals surface area contributed by atoms with Crippen molar-refractivity contribution in [2.24, 2.45) is 0 Å². The number of aromatic nitrogens is 1. The average Bonchev–Trinajstić information content (AvgIpc) is 2.39. The molecule has 1 fully saturated rings. The molecule has 0 bridgehead atoms. The van der Waals surface area contributed by atoms with E-state index in [0.29, 0.717) is 6.10 Å². The highest BCUT2D eigenvalue weighted by Crippen LogP contribution is 2.20. The van der Waals surface area contributed by atoms with Gasteiger partial charge >= 0.3 is 0 Å². The Labute approximate surface area is 102 Å². The van der Waals surface area contributed by atoms with Crippen molar-refractivity contribution in [2.45, 2.75) is 32.0 Å². The summed E-state index contributed by atoms with van der Waals surface area (Å²) in [6.45, 7) is 3.72. The van der Waals surface area contributed by atoms with Crippen LogP contribution in [0.2, 0.25) is 0 Å². The van der Waals surface area contributed by atoms with Crippen molar-refractivity contribution in [2.75, 3.05) is 25.1 Å². The molecule has 0 aromatic carbocycles. The van der Waals surface area contributed by atoms with Gasteiger partial charge in [0.15, 0.2) is 0 Å². The van der Waals surface area contributed by atoms with Crippen LogP contribution in [0.3, 0.4) is 0 Å². The molecule has 1 aromatic heterocycles. The second kappa shape index (κ2) is 5.47. The molecule has 1 saturated heterocycles. The highest BCUT2D eigenvalue weighted by atomic mass is 16.5. The van der Waals surface area contributed by atoms with Gasteiger partial charge in [-0.1, -0.05) is 6.07 Å². The average molecular weight is 236 g/mol. The zero-order valence-corrected chi connectivity index (χ0v) is 10.5. The van der Waals surface area contributed by atoms with Crippen LogP contribution in [0.1, 0.15) is 31.4 Å². The molecule has 1 N–H and O–H groups in total. The van der Waals surface area contributed by atoms with Crippen LogP contribution in [0.4, 0.5) is 5.82 Å². The third-order valence-corrected chi connectivity index (χ3v) is 3.35. The summed E-state index contributed by atoms with van der Waals surface area (Å²) in [7, 11) is 1.77. The Bertz CT molecular complexity index is 343. The van der Waals surface area contributed by atoms with Gasteiger partial charge in [-0.3, -0.25) is 0 Å². The maximum atomic E-state index is 9.42. The van der Waals surface area contributed by atoms with Crippen molar-refractivity contribution in [3.63, 3.8) is 0 Å². The van der Waals surface area contributed by atoms with Gasteiger partial charge in [0, 0.05) is 26.4 Å². The number of pyridine rings is 1. The van der Waals surface area contributed by atoms with Gasteiger partial charge in [-0.15, -0.1) is 0 Å². The molecule has 0 saturated carbocycles. The third-order valence-electron chi connectivity index (χ3n) is 3.35. The summed E-state index contributed by atoms with van der Waals surface area (Å²) in [6, 6.07) is 3.92. The molecule has 1 atom stereocenters. The van der Waals surface area contributed by atoms with Gasteiger partial charge < -0.3 is 14.7 Å². The Morgan fingerprint density at radius 1 is 1.41 bits per heavy atom. The van der Waals surface area contributed by atoms with E-state index in [1.807, 2.05) is 12.1 Å². The molecule has 1 aliphatic rings. The standard InChI is InChI=1S/C13H20N2O2/c1-10(16)11-3-4-13(14-9-11)15-7-5-12(17-2)6-8-15/h3-4,9-10,12,16H,5-8H2,1-2H3/t10-/m0/s1. The molecule has 0 amide bonds. The molecular formula is C13H20N2O2. The van der Waals surface area contributed by atoms with Gasteiger partial charge in [0.1, 0.15) is 5.82 Å². The van der Waals surface area contributed by atoms with Crippen molar-refractivity contribution in [3.8, 4) is 0 Å². The van der Waals surface area contributed by atoms with E-state index in [0.717, 1.165) is 37.3 Å². The molecule has 2 heterocycles. The second-order valence-corrected chi connectivity index (χ2v) is 4.55. The van der Waals surface area contributed by atoms with Crippen LogP contribution in [-0.4, -0.2) is 36.4 Å². The van der Waals surface area contributed by atoms with E-state index in [2.05, 4.69) is 9.88 Å². The molecule has 4 heteroatoms. The van der Waals surface area contributed by atoms with Crippen molar-refractivity contribution < 1.29 is 9.84 Å². The van der Waals surface area contributed by atoms with Gasteiger partial charge in [0.05, 0.1) is 12.2 Å². The minimum atomic E-state index is -0.448.